The van der Waals surface area contributed by atoms with Gasteiger partial charge in [-0.25, -0.2) is 9.78 Å². The molecule has 5 rings (SSSR count). The fourth-order valence-corrected chi connectivity index (χ4v) is 4.05. The van der Waals surface area contributed by atoms with Gasteiger partial charge in [0.25, 0.3) is 0 Å². The number of esters is 1. The van der Waals surface area contributed by atoms with Crippen molar-refractivity contribution in [3.05, 3.63) is 102 Å². The van der Waals surface area contributed by atoms with Gasteiger partial charge in [-0.05, 0) is 67.8 Å². The largest absolute Gasteiger partial charge is 0.461 e. The van der Waals surface area contributed by atoms with E-state index < -0.39 is 5.60 Å². The van der Waals surface area contributed by atoms with Gasteiger partial charge in [-0.2, -0.15) is 0 Å². The average Bonchev–Trinajstić information content (AvgIpc) is 3.47. The van der Waals surface area contributed by atoms with Gasteiger partial charge in [0.1, 0.15) is 5.60 Å². The predicted octanol–water partition coefficient (Wildman–Crippen LogP) is 6.97. The number of rotatable bonds is 5. The van der Waals surface area contributed by atoms with Crippen LogP contribution in [0, 0.1) is 0 Å². The summed E-state index contributed by atoms with van der Waals surface area (Å²) in [5.74, 6) is 1.21. The second-order valence-electron chi connectivity index (χ2n) is 9.23. The molecule has 0 bridgehead atoms. The van der Waals surface area contributed by atoms with Gasteiger partial charge < -0.3 is 13.7 Å². The van der Waals surface area contributed by atoms with Gasteiger partial charge in [0, 0.05) is 6.54 Å². The van der Waals surface area contributed by atoms with Crippen LogP contribution < -0.4 is 0 Å². The third-order valence-corrected chi connectivity index (χ3v) is 5.55. The summed E-state index contributed by atoms with van der Waals surface area (Å²) in [4.78, 5) is 17.6. The van der Waals surface area contributed by atoms with E-state index in [2.05, 4.69) is 22.8 Å². The van der Waals surface area contributed by atoms with E-state index in [4.69, 9.17) is 14.1 Å². The Balaban J connectivity index is 1.47. The van der Waals surface area contributed by atoms with Crippen molar-refractivity contribution >= 4 is 17.0 Å². The number of nitrogens with zero attached hydrogens (tertiary/aromatic N) is 2. The highest BCUT2D eigenvalue weighted by Crippen LogP contribution is 2.29. The van der Waals surface area contributed by atoms with Crippen LogP contribution in [0.5, 0.6) is 0 Å². The van der Waals surface area contributed by atoms with Crippen molar-refractivity contribution in [1.29, 1.82) is 0 Å². The van der Waals surface area contributed by atoms with E-state index in [-0.39, 0.29) is 5.97 Å². The fourth-order valence-electron chi connectivity index (χ4n) is 4.05. The number of hydrogen-bond acceptors (Lipinski definition) is 4. The lowest BCUT2D eigenvalue weighted by atomic mass is 9.98. The highest BCUT2D eigenvalue weighted by molar-refractivity contribution is 5.97. The van der Waals surface area contributed by atoms with E-state index in [9.17, 15) is 4.79 Å². The van der Waals surface area contributed by atoms with Crippen LogP contribution in [-0.2, 0) is 11.3 Å². The number of aromatic nitrogens is 2. The van der Waals surface area contributed by atoms with Crippen molar-refractivity contribution in [1.82, 2.24) is 9.55 Å². The SMILES string of the molecule is CC(C)(C)OC(=O)c1ccccc1-c1ccc(Cn2c(-c3ccco3)nc3ccccc32)cc1. The van der Waals surface area contributed by atoms with Crippen LogP contribution in [0.15, 0.2) is 95.6 Å². The van der Waals surface area contributed by atoms with Crippen molar-refractivity contribution in [3.8, 4) is 22.7 Å². The molecule has 0 unspecified atom stereocenters. The molecule has 0 spiro atoms. The number of carbonyl (C=O) groups is 1. The minimum atomic E-state index is -0.548. The van der Waals surface area contributed by atoms with Crippen LogP contribution in [0.25, 0.3) is 33.7 Å². The number of imidazole rings is 1. The number of benzene rings is 3. The Bertz CT molecular complexity index is 1440. The smallest absolute Gasteiger partial charge is 0.339 e. The number of fused-ring (bicyclic) bond motifs is 1. The zero-order chi connectivity index (χ0) is 23.7. The van der Waals surface area contributed by atoms with Gasteiger partial charge in [0.2, 0.25) is 0 Å². The lowest BCUT2D eigenvalue weighted by molar-refractivity contribution is 0.00704. The topological polar surface area (TPSA) is 57.3 Å². The molecule has 5 nitrogen and oxygen atoms in total. The van der Waals surface area contributed by atoms with Crippen LogP contribution in [0.1, 0.15) is 36.7 Å². The summed E-state index contributed by atoms with van der Waals surface area (Å²) < 4.78 is 13.4. The number of carbonyl (C=O) groups excluding carboxylic acids is 1. The lowest BCUT2D eigenvalue weighted by Crippen LogP contribution is -2.24. The highest BCUT2D eigenvalue weighted by Gasteiger charge is 2.21. The minimum Gasteiger partial charge on any atom is -0.461 e. The maximum Gasteiger partial charge on any atom is 0.339 e. The monoisotopic (exact) mass is 450 g/mol. The molecule has 0 radical (unpaired) electrons. The molecule has 0 aliphatic carbocycles. The molecule has 3 aromatic carbocycles. The zero-order valence-electron chi connectivity index (χ0n) is 19.5. The van der Waals surface area contributed by atoms with Crippen LogP contribution >= 0.6 is 0 Å². The Morgan fingerprint density at radius 3 is 2.38 bits per heavy atom. The van der Waals surface area contributed by atoms with Gasteiger partial charge >= 0.3 is 5.97 Å². The summed E-state index contributed by atoms with van der Waals surface area (Å²) in [6.07, 6.45) is 1.66. The van der Waals surface area contributed by atoms with E-state index in [1.54, 1.807) is 6.26 Å². The zero-order valence-corrected chi connectivity index (χ0v) is 19.5. The Labute approximate surface area is 198 Å². The van der Waals surface area contributed by atoms with Crippen molar-refractivity contribution in [2.45, 2.75) is 32.9 Å². The Morgan fingerprint density at radius 1 is 0.912 bits per heavy atom. The third kappa shape index (κ3) is 4.37. The normalized spacial score (nSPS) is 11.6. The molecule has 0 atom stereocenters. The minimum absolute atomic E-state index is 0.319. The molecule has 0 amide bonds. The Morgan fingerprint density at radius 2 is 1.65 bits per heavy atom. The highest BCUT2D eigenvalue weighted by atomic mass is 16.6. The summed E-state index contributed by atoms with van der Waals surface area (Å²) in [5.41, 5.74) is 4.93. The first-order valence-electron chi connectivity index (χ1n) is 11.3. The first kappa shape index (κ1) is 21.7. The summed E-state index contributed by atoms with van der Waals surface area (Å²) in [7, 11) is 0. The van der Waals surface area contributed by atoms with Gasteiger partial charge in [-0.3, -0.25) is 0 Å². The quantitative estimate of drug-likeness (QED) is 0.271. The van der Waals surface area contributed by atoms with Gasteiger partial charge in [-0.1, -0.05) is 54.6 Å². The molecule has 0 aliphatic rings. The summed E-state index contributed by atoms with van der Waals surface area (Å²) in [6, 6.07) is 27.7. The molecule has 34 heavy (non-hydrogen) atoms. The first-order valence-corrected chi connectivity index (χ1v) is 11.3. The molecule has 2 heterocycles. The van der Waals surface area contributed by atoms with Gasteiger partial charge in [-0.15, -0.1) is 0 Å². The second-order valence-corrected chi connectivity index (χ2v) is 9.23. The number of furan rings is 1. The molecule has 0 saturated heterocycles. The molecule has 5 heteroatoms. The van der Waals surface area contributed by atoms with E-state index in [1.165, 1.54) is 0 Å². The molecular formula is C29H26N2O3. The maximum atomic E-state index is 12.8. The van der Waals surface area contributed by atoms with Crippen molar-refractivity contribution < 1.29 is 13.9 Å². The van der Waals surface area contributed by atoms with Crippen molar-refractivity contribution in [3.63, 3.8) is 0 Å². The van der Waals surface area contributed by atoms with E-state index in [0.29, 0.717) is 12.1 Å². The standard InChI is InChI=1S/C29H26N2O3/c1-29(2,3)34-28(32)23-10-5-4-9-22(23)21-16-14-20(15-17-21)19-31-25-12-7-6-11-24(25)30-27(31)26-13-8-18-33-26/h4-18H,19H2,1-3H3. The van der Waals surface area contributed by atoms with Crippen molar-refractivity contribution in [2.75, 3.05) is 0 Å². The molecule has 2 aromatic heterocycles. The molecule has 170 valence electrons. The second kappa shape index (κ2) is 8.67. The van der Waals surface area contributed by atoms with E-state index in [1.807, 2.05) is 87.5 Å². The number of ether oxygens (including phenoxy) is 1. The number of para-hydroxylation sites is 2. The predicted molar refractivity (Wildman–Crippen MR) is 134 cm³/mol. The molecule has 5 aromatic rings. The van der Waals surface area contributed by atoms with Crippen LogP contribution in [-0.4, -0.2) is 21.1 Å². The Hall–Kier alpha value is -4.12. The summed E-state index contributed by atoms with van der Waals surface area (Å²) >= 11 is 0. The molecule has 0 aliphatic heterocycles. The molecule has 0 N–H and O–H groups in total. The molecule has 0 saturated carbocycles. The first-order chi connectivity index (χ1) is 16.4. The Kier molecular flexibility index (Phi) is 5.54. The molecular weight excluding hydrogens is 424 g/mol. The average molecular weight is 451 g/mol. The van der Waals surface area contributed by atoms with Gasteiger partial charge in [0.15, 0.2) is 11.6 Å². The van der Waals surface area contributed by atoms with Crippen LogP contribution in [0.3, 0.4) is 0 Å². The van der Waals surface area contributed by atoms with Crippen LogP contribution in [0.4, 0.5) is 0 Å². The molecule has 0 fully saturated rings. The fraction of sp³-hybridized carbons (Fsp3) is 0.172. The maximum absolute atomic E-state index is 12.8. The van der Waals surface area contributed by atoms with Crippen LogP contribution in [0.2, 0.25) is 0 Å². The summed E-state index contributed by atoms with van der Waals surface area (Å²) in [6.45, 7) is 6.27. The van der Waals surface area contributed by atoms with E-state index >= 15 is 0 Å². The lowest BCUT2D eigenvalue weighted by Gasteiger charge is -2.20. The number of hydrogen-bond donors (Lipinski definition) is 0. The van der Waals surface area contributed by atoms with E-state index in [0.717, 1.165) is 39.3 Å². The van der Waals surface area contributed by atoms with Crippen molar-refractivity contribution in [2.24, 2.45) is 0 Å². The van der Waals surface area contributed by atoms with Gasteiger partial charge in [0.05, 0.1) is 22.9 Å². The third-order valence-electron chi connectivity index (χ3n) is 5.55. The summed E-state index contributed by atoms with van der Waals surface area (Å²) in [5, 5.41) is 0.